The van der Waals surface area contributed by atoms with Crippen molar-refractivity contribution in [2.24, 2.45) is 16.8 Å². The van der Waals surface area contributed by atoms with Gasteiger partial charge in [-0.1, -0.05) is 86.6 Å². The van der Waals surface area contributed by atoms with Crippen LogP contribution in [0.4, 0.5) is 5.69 Å². The van der Waals surface area contributed by atoms with E-state index < -0.39 is 48.5 Å². The quantitative estimate of drug-likeness (QED) is 0.173. The van der Waals surface area contributed by atoms with Gasteiger partial charge in [0.1, 0.15) is 6.04 Å². The minimum atomic E-state index is -1.29. The number of ketones is 1. The van der Waals surface area contributed by atoms with Crippen molar-refractivity contribution in [3.63, 3.8) is 0 Å². The maximum absolute atomic E-state index is 13.4. The van der Waals surface area contributed by atoms with Crippen LogP contribution >= 0.6 is 0 Å². The van der Waals surface area contributed by atoms with Gasteiger partial charge in [-0.2, -0.15) is 0 Å². The second-order valence-corrected chi connectivity index (χ2v) is 12.3. The fourth-order valence-electron chi connectivity index (χ4n) is 5.90. The Morgan fingerprint density at radius 1 is 0.911 bits per heavy atom. The van der Waals surface area contributed by atoms with E-state index in [2.05, 4.69) is 10.6 Å². The molecule has 1 fully saturated rings. The number of amides is 2. The van der Waals surface area contributed by atoms with Gasteiger partial charge in [-0.25, -0.2) is 4.99 Å². The number of hydrogen-bond donors (Lipinski definition) is 4. The zero-order chi connectivity index (χ0) is 32.0. The molecule has 0 spiro atoms. The van der Waals surface area contributed by atoms with Crippen LogP contribution in [0.25, 0.3) is 0 Å². The van der Waals surface area contributed by atoms with Crippen LogP contribution < -0.4 is 10.6 Å². The molecule has 4 N–H and O–H groups in total. The molecule has 1 aliphatic heterocycles. The summed E-state index contributed by atoms with van der Waals surface area (Å²) in [5.74, 6) is -1.71. The summed E-state index contributed by atoms with van der Waals surface area (Å²) in [5.41, 5.74) is 4.59. The molecule has 9 heteroatoms. The maximum Gasteiger partial charge on any atom is 0.245 e. The highest BCUT2D eigenvalue weighted by atomic mass is 16.6. The highest BCUT2D eigenvalue weighted by Crippen LogP contribution is 2.34. The Balaban J connectivity index is 1.29. The molecule has 4 atom stereocenters. The number of carbonyl (C=O) groups excluding carboxylic acids is 3. The molecule has 9 nitrogen and oxygen atoms in total. The number of nitrogens with one attached hydrogen (secondary N) is 2. The normalized spacial score (nSPS) is 20.0. The van der Waals surface area contributed by atoms with Crippen molar-refractivity contribution in [1.82, 2.24) is 10.6 Å². The molecule has 3 aromatic carbocycles. The van der Waals surface area contributed by atoms with Crippen molar-refractivity contribution in [1.29, 1.82) is 0 Å². The van der Waals surface area contributed by atoms with Crippen molar-refractivity contribution in [3.8, 4) is 0 Å². The zero-order valence-corrected chi connectivity index (χ0v) is 25.7. The summed E-state index contributed by atoms with van der Waals surface area (Å²) in [7, 11) is 0. The van der Waals surface area contributed by atoms with E-state index in [1.54, 1.807) is 0 Å². The Bertz CT molecular complexity index is 1490. The number of ether oxygens (including phenoxy) is 1. The number of benzene rings is 3. The van der Waals surface area contributed by atoms with Gasteiger partial charge in [-0.05, 0) is 48.8 Å². The summed E-state index contributed by atoms with van der Waals surface area (Å²) in [5, 5.41) is 25.0. The molecule has 3 aromatic rings. The number of aliphatic hydroxyl groups is 2. The molecule has 1 saturated heterocycles. The van der Waals surface area contributed by atoms with Crippen LogP contribution in [0.1, 0.15) is 48.9 Å². The number of Topliss-reactive ketones (excluding diaryl/α,β-unsaturated/α-hetero) is 1. The zero-order valence-electron chi connectivity index (χ0n) is 25.7. The summed E-state index contributed by atoms with van der Waals surface area (Å²) in [4.78, 5) is 44.7. The molecule has 3 unspecified atom stereocenters. The van der Waals surface area contributed by atoms with Crippen LogP contribution in [-0.2, 0) is 32.0 Å². The summed E-state index contributed by atoms with van der Waals surface area (Å²) in [6, 6.07) is 23.9. The van der Waals surface area contributed by atoms with Crippen LogP contribution in [-0.4, -0.2) is 71.0 Å². The van der Waals surface area contributed by atoms with E-state index in [9.17, 15) is 24.6 Å². The molecule has 45 heavy (non-hydrogen) atoms. The van der Waals surface area contributed by atoms with Gasteiger partial charge < -0.3 is 25.6 Å². The van der Waals surface area contributed by atoms with Gasteiger partial charge in [0.15, 0.2) is 11.4 Å². The van der Waals surface area contributed by atoms with E-state index in [-0.39, 0.29) is 18.4 Å². The first kappa shape index (κ1) is 32.2. The molecule has 0 saturated carbocycles. The second-order valence-electron chi connectivity index (χ2n) is 12.3. The summed E-state index contributed by atoms with van der Waals surface area (Å²) >= 11 is 0. The number of carbonyl (C=O) groups is 3. The van der Waals surface area contributed by atoms with Gasteiger partial charge in [0, 0.05) is 17.0 Å². The molecule has 0 bridgehead atoms. The van der Waals surface area contributed by atoms with Crippen LogP contribution in [0.2, 0.25) is 0 Å². The summed E-state index contributed by atoms with van der Waals surface area (Å²) in [6.07, 6.45) is 2.00. The van der Waals surface area contributed by atoms with Gasteiger partial charge in [-0.3, -0.25) is 14.4 Å². The van der Waals surface area contributed by atoms with E-state index in [1.165, 1.54) is 0 Å². The second kappa shape index (κ2) is 14.3. The first-order valence-corrected chi connectivity index (χ1v) is 15.6. The van der Waals surface area contributed by atoms with Crippen molar-refractivity contribution in [2.45, 2.75) is 57.2 Å². The first-order chi connectivity index (χ1) is 21.7. The number of aliphatic hydroxyl groups excluding tert-OH is 2. The first-order valence-electron chi connectivity index (χ1n) is 15.6. The molecule has 2 amide bonds. The van der Waals surface area contributed by atoms with Crippen LogP contribution in [0.15, 0.2) is 83.9 Å². The van der Waals surface area contributed by atoms with Crippen molar-refractivity contribution < 1.29 is 29.3 Å². The minimum Gasteiger partial charge on any atom is -0.394 e. The van der Waals surface area contributed by atoms with E-state index in [4.69, 9.17) is 9.73 Å². The number of hydrogen-bond acceptors (Lipinski definition) is 7. The monoisotopic (exact) mass is 611 g/mol. The molecular weight excluding hydrogens is 570 g/mol. The predicted octanol–water partition coefficient (Wildman–Crippen LogP) is 3.30. The van der Waals surface area contributed by atoms with Crippen LogP contribution in [0.5, 0.6) is 0 Å². The van der Waals surface area contributed by atoms with Gasteiger partial charge in [0.25, 0.3) is 0 Å². The molecule has 2 aliphatic rings. The Morgan fingerprint density at radius 3 is 2.11 bits per heavy atom. The Hall–Kier alpha value is -4.18. The standard InChI is InChI=1S/C36H41N3O6/c1-23(2)18-30(33(42)36(21-41)22-45-36)38-35(44)31(20-40)39-34(43)27-16-17-28-26(19-27)14-9-15-29(28)37-32(24-10-5-3-6-11-24)25-12-7-4-8-13-25/h3-15,23,27,30-31,40-41H,16-22H2,1-2H3,(H,38,44)(H,39,43)/t27?,30?,31-,36?/m0/s1. The predicted molar refractivity (Wildman–Crippen MR) is 171 cm³/mol. The average molecular weight is 612 g/mol. The van der Waals surface area contributed by atoms with Gasteiger partial charge in [0.2, 0.25) is 11.8 Å². The number of nitrogens with zero attached hydrogens (tertiary/aromatic N) is 1. The van der Waals surface area contributed by atoms with Gasteiger partial charge >= 0.3 is 0 Å². The smallest absolute Gasteiger partial charge is 0.245 e. The summed E-state index contributed by atoms with van der Waals surface area (Å²) in [6.45, 7) is 2.85. The molecule has 236 valence electrons. The number of epoxide rings is 1. The average Bonchev–Trinajstić information content (AvgIpc) is 3.87. The molecule has 1 aliphatic carbocycles. The lowest BCUT2D eigenvalue weighted by Gasteiger charge is -2.28. The van der Waals surface area contributed by atoms with Gasteiger partial charge in [0.05, 0.1) is 37.3 Å². The lowest BCUT2D eigenvalue weighted by molar-refractivity contribution is -0.135. The Morgan fingerprint density at radius 2 is 1.56 bits per heavy atom. The summed E-state index contributed by atoms with van der Waals surface area (Å²) < 4.78 is 5.21. The van der Waals surface area contributed by atoms with E-state index in [1.807, 2.05) is 92.7 Å². The molecule has 1 heterocycles. The maximum atomic E-state index is 13.4. The molecular formula is C36H41N3O6. The van der Waals surface area contributed by atoms with Gasteiger partial charge in [-0.15, -0.1) is 0 Å². The SMILES string of the molecule is CC(C)CC(NC(=O)[C@H](CO)NC(=O)C1CCc2c(cccc2N=C(c2ccccc2)c2ccccc2)C1)C(=O)C1(CO)CO1. The largest absolute Gasteiger partial charge is 0.394 e. The fraction of sp³-hybridized carbons (Fsp3) is 0.389. The highest BCUT2D eigenvalue weighted by Gasteiger charge is 2.54. The third kappa shape index (κ3) is 7.56. The molecule has 0 radical (unpaired) electrons. The Labute approximate surface area is 263 Å². The third-order valence-corrected chi connectivity index (χ3v) is 8.51. The van der Waals surface area contributed by atoms with Crippen LogP contribution in [0, 0.1) is 11.8 Å². The van der Waals surface area contributed by atoms with E-state index in [0.29, 0.717) is 25.7 Å². The topological polar surface area (TPSA) is 141 Å². The number of rotatable bonds is 13. The lowest BCUT2D eigenvalue weighted by atomic mass is 9.82. The minimum absolute atomic E-state index is 0.0731. The molecule has 0 aromatic heterocycles. The Kier molecular flexibility index (Phi) is 10.2. The number of fused-ring (bicyclic) bond motifs is 1. The van der Waals surface area contributed by atoms with E-state index in [0.717, 1.165) is 33.7 Å². The van der Waals surface area contributed by atoms with Crippen LogP contribution in [0.3, 0.4) is 0 Å². The lowest BCUT2D eigenvalue weighted by Crippen LogP contribution is -2.56. The third-order valence-electron chi connectivity index (χ3n) is 8.51. The molecule has 5 rings (SSSR count). The van der Waals surface area contributed by atoms with Crippen molar-refractivity contribution in [2.75, 3.05) is 19.8 Å². The van der Waals surface area contributed by atoms with Crippen molar-refractivity contribution in [3.05, 3.63) is 101 Å². The van der Waals surface area contributed by atoms with Crippen molar-refractivity contribution >= 4 is 29.0 Å². The fourth-order valence-corrected chi connectivity index (χ4v) is 5.90. The highest BCUT2D eigenvalue weighted by molar-refractivity contribution is 6.14. The van der Waals surface area contributed by atoms with E-state index >= 15 is 0 Å². The number of aliphatic imine (C=N–C) groups is 1.